The van der Waals surface area contributed by atoms with E-state index in [0.29, 0.717) is 28.1 Å². The summed E-state index contributed by atoms with van der Waals surface area (Å²) >= 11 is 5.32. The predicted octanol–water partition coefficient (Wildman–Crippen LogP) is 5.51. The topological polar surface area (TPSA) is 74.3 Å². The van der Waals surface area contributed by atoms with Gasteiger partial charge in [-0.3, -0.25) is 5.43 Å². The van der Waals surface area contributed by atoms with E-state index in [2.05, 4.69) is 25.8 Å². The van der Waals surface area contributed by atoms with Crippen LogP contribution in [0.4, 0.5) is 10.1 Å². The molecule has 3 aromatic carbocycles. The van der Waals surface area contributed by atoms with Gasteiger partial charge in [0.15, 0.2) is 10.9 Å². The normalized spacial score (nSPS) is 11.4. The third kappa shape index (κ3) is 5.04. The third-order valence-electron chi connectivity index (χ3n) is 4.56. The molecule has 0 aliphatic heterocycles. The molecule has 31 heavy (non-hydrogen) atoms. The lowest BCUT2D eigenvalue weighted by Crippen LogP contribution is -2.25. The highest BCUT2D eigenvalue weighted by molar-refractivity contribution is 7.80. The molecule has 0 saturated heterocycles. The molecule has 0 radical (unpaired) electrons. The highest BCUT2D eigenvalue weighted by Crippen LogP contribution is 2.25. The van der Waals surface area contributed by atoms with Gasteiger partial charge in [-0.05, 0) is 74.1 Å². The first-order valence-corrected chi connectivity index (χ1v) is 9.99. The van der Waals surface area contributed by atoms with Crippen LogP contribution >= 0.6 is 12.2 Å². The van der Waals surface area contributed by atoms with E-state index in [1.54, 1.807) is 12.1 Å². The van der Waals surface area contributed by atoms with Crippen LogP contribution in [0.2, 0.25) is 0 Å². The van der Waals surface area contributed by atoms with E-state index >= 15 is 0 Å². The number of anilines is 1. The molecule has 4 aromatic rings. The number of H-pyrrole nitrogens is 1. The number of nitrogens with one attached hydrogen (secondary N) is 3. The van der Waals surface area contributed by atoms with Crippen molar-refractivity contribution in [3.05, 3.63) is 83.9 Å². The molecule has 0 unspecified atom stereocenters. The number of para-hydroxylation sites is 1. The smallest absolute Gasteiger partial charge is 0.191 e. The number of nitrogens with zero attached hydrogens (tertiary/aromatic N) is 2. The van der Waals surface area contributed by atoms with Gasteiger partial charge in [-0.1, -0.05) is 18.2 Å². The second kappa shape index (κ2) is 8.93. The lowest BCUT2D eigenvalue weighted by atomic mass is 10.2. The molecule has 0 saturated carbocycles. The quantitative estimate of drug-likeness (QED) is 0.220. The Hall–Kier alpha value is -3.78. The number of fused-ring (bicyclic) bond motifs is 1. The first kappa shape index (κ1) is 20.5. The average Bonchev–Trinajstić information content (AvgIpc) is 3.19. The fourth-order valence-electron chi connectivity index (χ4n) is 2.91. The summed E-state index contributed by atoms with van der Waals surface area (Å²) in [5, 5.41) is 7.83. The highest BCUT2D eigenvalue weighted by atomic mass is 32.1. The number of hydrogen-bond donors (Lipinski definition) is 3. The lowest BCUT2D eigenvalue weighted by molar-refractivity contribution is 0.481. The number of hydrazone groups is 1. The zero-order valence-corrected chi connectivity index (χ0v) is 17.8. The van der Waals surface area contributed by atoms with E-state index in [4.69, 9.17) is 17.0 Å². The van der Waals surface area contributed by atoms with Gasteiger partial charge >= 0.3 is 0 Å². The van der Waals surface area contributed by atoms with Crippen LogP contribution in [0.15, 0.2) is 71.8 Å². The highest BCUT2D eigenvalue weighted by Gasteiger charge is 2.08. The van der Waals surface area contributed by atoms with Crippen LogP contribution < -0.4 is 15.5 Å². The summed E-state index contributed by atoms with van der Waals surface area (Å²) in [5.41, 5.74) is 7.07. The predicted molar refractivity (Wildman–Crippen MR) is 125 cm³/mol. The van der Waals surface area contributed by atoms with Crippen molar-refractivity contribution in [2.75, 3.05) is 5.32 Å². The van der Waals surface area contributed by atoms with Crippen LogP contribution in [-0.2, 0) is 0 Å². The van der Waals surface area contributed by atoms with Gasteiger partial charge in [-0.25, -0.2) is 9.37 Å². The van der Waals surface area contributed by atoms with E-state index in [-0.39, 0.29) is 5.82 Å². The largest absolute Gasteiger partial charge is 0.457 e. The molecule has 1 aromatic heterocycles. The number of aromatic amines is 1. The van der Waals surface area contributed by atoms with Crippen molar-refractivity contribution >= 4 is 39.8 Å². The maximum Gasteiger partial charge on any atom is 0.191 e. The molecule has 3 N–H and O–H groups in total. The first-order chi connectivity index (χ1) is 15.0. The number of aryl methyl sites for hydroxylation is 1. The summed E-state index contributed by atoms with van der Waals surface area (Å²) < 4.78 is 18.8. The van der Waals surface area contributed by atoms with Crippen molar-refractivity contribution in [3.63, 3.8) is 0 Å². The van der Waals surface area contributed by atoms with Crippen molar-refractivity contribution in [1.29, 1.82) is 0 Å². The summed E-state index contributed by atoms with van der Waals surface area (Å²) in [6, 6.07) is 19.2. The molecule has 6 nitrogen and oxygen atoms in total. The van der Waals surface area contributed by atoms with Gasteiger partial charge in [-0.2, -0.15) is 5.10 Å². The summed E-state index contributed by atoms with van der Waals surface area (Å²) in [6.07, 6.45) is 0. The Bertz CT molecular complexity index is 1270. The van der Waals surface area contributed by atoms with Crippen molar-refractivity contribution in [1.82, 2.24) is 15.4 Å². The monoisotopic (exact) mass is 433 g/mol. The number of halogens is 1. The van der Waals surface area contributed by atoms with E-state index in [1.807, 2.05) is 56.3 Å². The van der Waals surface area contributed by atoms with Gasteiger partial charge in [0, 0.05) is 11.8 Å². The van der Waals surface area contributed by atoms with E-state index in [0.717, 1.165) is 22.3 Å². The van der Waals surface area contributed by atoms with Crippen molar-refractivity contribution in [2.45, 2.75) is 13.8 Å². The number of ether oxygens (including phenoxy) is 1. The maximum atomic E-state index is 13.1. The molecule has 0 bridgehead atoms. The Morgan fingerprint density at radius 3 is 2.58 bits per heavy atom. The number of aromatic nitrogens is 2. The Morgan fingerprint density at radius 1 is 1.06 bits per heavy atom. The van der Waals surface area contributed by atoms with Gasteiger partial charge in [0.05, 0.1) is 11.0 Å². The van der Waals surface area contributed by atoms with E-state index < -0.39 is 0 Å². The molecular weight excluding hydrogens is 413 g/mol. The summed E-state index contributed by atoms with van der Waals surface area (Å²) in [7, 11) is 0. The second-order valence-corrected chi connectivity index (χ2v) is 7.31. The molecule has 0 aliphatic rings. The van der Waals surface area contributed by atoms with Crippen LogP contribution in [0.25, 0.3) is 11.0 Å². The molecule has 0 spiro atoms. The minimum atomic E-state index is -0.309. The summed E-state index contributed by atoms with van der Waals surface area (Å²) in [5.74, 6) is 1.46. The van der Waals surface area contributed by atoms with Gasteiger partial charge in [0.1, 0.15) is 23.0 Å². The van der Waals surface area contributed by atoms with Crippen LogP contribution in [0.3, 0.4) is 0 Å². The number of benzene rings is 3. The Balaban J connectivity index is 1.45. The SMILES string of the molecule is C/C(=N\NC(=S)Nc1ccccc1C)c1nc2cc(Oc3ccc(F)cc3)ccc2[nH]1. The molecule has 0 atom stereocenters. The fraction of sp³-hybridized carbons (Fsp3) is 0.0870. The molecule has 1 heterocycles. The van der Waals surface area contributed by atoms with Gasteiger partial charge in [0.2, 0.25) is 0 Å². The maximum absolute atomic E-state index is 13.1. The molecular formula is C23H20FN5OS. The minimum Gasteiger partial charge on any atom is -0.457 e. The van der Waals surface area contributed by atoms with Crippen molar-refractivity contribution < 1.29 is 9.13 Å². The van der Waals surface area contributed by atoms with E-state index in [1.165, 1.54) is 12.1 Å². The molecule has 156 valence electrons. The van der Waals surface area contributed by atoms with Gasteiger partial charge in [-0.15, -0.1) is 0 Å². The second-order valence-electron chi connectivity index (χ2n) is 6.90. The van der Waals surface area contributed by atoms with Crippen LogP contribution in [-0.4, -0.2) is 20.8 Å². The first-order valence-electron chi connectivity index (χ1n) is 9.58. The van der Waals surface area contributed by atoms with Crippen molar-refractivity contribution in [3.8, 4) is 11.5 Å². The number of rotatable bonds is 5. The summed E-state index contributed by atoms with van der Waals surface area (Å²) in [4.78, 5) is 7.80. The zero-order valence-electron chi connectivity index (χ0n) is 16.9. The standard InChI is InChI=1S/C23H20FN5OS/c1-14-5-3-4-6-19(14)27-23(31)29-28-15(2)22-25-20-12-11-18(13-21(20)26-22)30-17-9-7-16(24)8-10-17/h3-13H,1-2H3,(H,25,26)(H2,27,29,31)/b28-15+. The Labute approximate surface area is 184 Å². The molecule has 0 fully saturated rings. The summed E-state index contributed by atoms with van der Waals surface area (Å²) in [6.45, 7) is 3.83. The third-order valence-corrected chi connectivity index (χ3v) is 4.76. The number of hydrogen-bond acceptors (Lipinski definition) is 4. The Morgan fingerprint density at radius 2 is 1.81 bits per heavy atom. The number of thiocarbonyl (C=S) groups is 1. The molecule has 0 amide bonds. The van der Waals surface area contributed by atoms with Crippen LogP contribution in [0.5, 0.6) is 11.5 Å². The van der Waals surface area contributed by atoms with Crippen LogP contribution in [0, 0.1) is 12.7 Å². The molecule has 4 rings (SSSR count). The van der Waals surface area contributed by atoms with E-state index in [9.17, 15) is 4.39 Å². The van der Waals surface area contributed by atoms with Crippen molar-refractivity contribution in [2.24, 2.45) is 5.10 Å². The molecule has 8 heteroatoms. The fourth-order valence-corrected chi connectivity index (χ4v) is 3.07. The van der Waals surface area contributed by atoms with Gasteiger partial charge in [0.25, 0.3) is 0 Å². The van der Waals surface area contributed by atoms with Crippen LogP contribution in [0.1, 0.15) is 18.3 Å². The lowest BCUT2D eigenvalue weighted by Gasteiger charge is -2.09. The minimum absolute atomic E-state index is 0.309. The average molecular weight is 434 g/mol. The Kier molecular flexibility index (Phi) is 5.90. The zero-order chi connectivity index (χ0) is 21.8. The number of imidazole rings is 1. The molecule has 0 aliphatic carbocycles. The van der Waals surface area contributed by atoms with Gasteiger partial charge < -0.3 is 15.0 Å².